The van der Waals surface area contributed by atoms with Gasteiger partial charge in [-0.3, -0.25) is 4.90 Å². The van der Waals surface area contributed by atoms with E-state index < -0.39 is 40.9 Å². The Labute approximate surface area is 164 Å². The van der Waals surface area contributed by atoms with Gasteiger partial charge in [-0.1, -0.05) is 12.8 Å². The highest BCUT2D eigenvalue weighted by Gasteiger charge is 2.44. The molecule has 2 fully saturated rings. The van der Waals surface area contributed by atoms with Crippen molar-refractivity contribution in [2.45, 2.75) is 44.1 Å². The topological polar surface area (TPSA) is 15.3 Å². The van der Waals surface area contributed by atoms with E-state index in [1.165, 1.54) is 0 Å². The van der Waals surface area contributed by atoms with Gasteiger partial charge >= 0.3 is 12.4 Å². The molecule has 0 bridgehead atoms. The van der Waals surface area contributed by atoms with Crippen LogP contribution in [0.2, 0.25) is 0 Å². The molecule has 1 aliphatic heterocycles. The Morgan fingerprint density at radius 2 is 1.50 bits per heavy atom. The summed E-state index contributed by atoms with van der Waals surface area (Å²) in [5, 5.41) is 3.09. The lowest BCUT2D eigenvalue weighted by Crippen LogP contribution is -2.47. The summed E-state index contributed by atoms with van der Waals surface area (Å²) in [4.78, 5) is 1.79. The Bertz CT molecular complexity index is 663. The number of rotatable bonds is 3. The zero-order valence-corrected chi connectivity index (χ0v) is 15.8. The van der Waals surface area contributed by atoms with E-state index in [4.69, 9.17) is 0 Å². The molecule has 1 aliphatic carbocycles. The van der Waals surface area contributed by atoms with Crippen molar-refractivity contribution in [3.63, 3.8) is 0 Å². The molecule has 0 spiro atoms. The Kier molecular flexibility index (Phi) is 7.26. The number of piperazine rings is 1. The Balaban J connectivity index is 0.00000280. The minimum atomic E-state index is -5.07. The maximum atomic E-state index is 14.8. The molecule has 2 aliphatic rings. The number of nitrogens with one attached hydrogen (secondary N) is 1. The van der Waals surface area contributed by atoms with Crippen LogP contribution in [0, 0.1) is 11.7 Å². The summed E-state index contributed by atoms with van der Waals surface area (Å²) < 4.78 is 94.6. The van der Waals surface area contributed by atoms with Crippen molar-refractivity contribution in [2.75, 3.05) is 26.2 Å². The molecule has 1 aromatic carbocycles. The summed E-state index contributed by atoms with van der Waals surface area (Å²) in [6.07, 6.45) is -7.16. The summed E-state index contributed by atoms with van der Waals surface area (Å²) >= 11 is 0. The molecular formula is C18H22ClF7N2. The number of nitrogens with zero attached hydrogens (tertiary/aromatic N) is 1. The van der Waals surface area contributed by atoms with Gasteiger partial charge in [0.2, 0.25) is 0 Å². The Morgan fingerprint density at radius 1 is 0.929 bits per heavy atom. The molecule has 10 heteroatoms. The lowest BCUT2D eigenvalue weighted by Gasteiger charge is -2.40. The van der Waals surface area contributed by atoms with Gasteiger partial charge in [-0.15, -0.1) is 12.4 Å². The Hall–Kier alpha value is -1.06. The van der Waals surface area contributed by atoms with Gasteiger partial charge in [0.15, 0.2) is 0 Å². The van der Waals surface area contributed by atoms with Crippen LogP contribution in [-0.4, -0.2) is 31.1 Å². The molecular weight excluding hydrogens is 413 g/mol. The molecule has 0 amide bonds. The van der Waals surface area contributed by atoms with Crippen LogP contribution >= 0.6 is 12.4 Å². The summed E-state index contributed by atoms with van der Waals surface area (Å²) in [5.41, 5.74) is -3.75. The standard InChI is InChI=1S/C18H21F7N2.ClH/c19-14-10-12(17(20,21)22)9-13(18(23,24)25)15(14)16(11-3-1-2-4-11)27-7-5-26-6-8-27;/h9-11,16,26H,1-8H2;1H/t16-;/m1./s1. The smallest absolute Gasteiger partial charge is 0.314 e. The highest BCUT2D eigenvalue weighted by molar-refractivity contribution is 5.85. The second-order valence-corrected chi connectivity index (χ2v) is 7.19. The predicted octanol–water partition coefficient (Wildman–Crippen LogP) is 5.42. The molecule has 160 valence electrons. The van der Waals surface area contributed by atoms with E-state index in [0.717, 1.165) is 12.8 Å². The fraction of sp³-hybridized carbons (Fsp3) is 0.667. The number of benzene rings is 1. The molecule has 1 saturated heterocycles. The quantitative estimate of drug-likeness (QED) is 0.639. The van der Waals surface area contributed by atoms with Crippen LogP contribution in [0.15, 0.2) is 12.1 Å². The molecule has 0 aromatic heterocycles. The van der Waals surface area contributed by atoms with Gasteiger partial charge in [0.1, 0.15) is 5.82 Å². The minimum Gasteiger partial charge on any atom is -0.314 e. The molecule has 1 heterocycles. The monoisotopic (exact) mass is 434 g/mol. The van der Waals surface area contributed by atoms with Crippen LogP contribution in [0.5, 0.6) is 0 Å². The maximum Gasteiger partial charge on any atom is 0.416 e. The van der Waals surface area contributed by atoms with Crippen LogP contribution < -0.4 is 5.32 Å². The fourth-order valence-corrected chi connectivity index (χ4v) is 4.27. The van der Waals surface area contributed by atoms with E-state index >= 15 is 0 Å². The first-order valence-corrected chi connectivity index (χ1v) is 9.01. The van der Waals surface area contributed by atoms with Gasteiger partial charge in [-0.2, -0.15) is 26.3 Å². The number of halogens is 8. The van der Waals surface area contributed by atoms with Crippen molar-refractivity contribution < 1.29 is 30.7 Å². The van der Waals surface area contributed by atoms with E-state index in [0.29, 0.717) is 39.0 Å². The number of alkyl halides is 6. The van der Waals surface area contributed by atoms with Gasteiger partial charge in [0.05, 0.1) is 11.1 Å². The third kappa shape index (κ3) is 4.91. The second-order valence-electron chi connectivity index (χ2n) is 7.19. The molecule has 28 heavy (non-hydrogen) atoms. The normalized spacial score (nSPS) is 20.8. The molecule has 1 atom stereocenters. The number of hydrogen-bond acceptors (Lipinski definition) is 2. The van der Waals surface area contributed by atoms with Gasteiger partial charge in [-0.25, -0.2) is 4.39 Å². The first kappa shape index (κ1) is 23.2. The van der Waals surface area contributed by atoms with Crippen molar-refractivity contribution in [1.82, 2.24) is 10.2 Å². The second kappa shape index (κ2) is 8.75. The van der Waals surface area contributed by atoms with Crippen LogP contribution in [0.4, 0.5) is 30.7 Å². The van der Waals surface area contributed by atoms with Gasteiger partial charge in [0.25, 0.3) is 0 Å². The number of hydrogen-bond donors (Lipinski definition) is 1. The summed E-state index contributed by atoms with van der Waals surface area (Å²) in [6.45, 7) is 1.96. The van der Waals surface area contributed by atoms with Crippen LogP contribution in [-0.2, 0) is 12.4 Å². The lowest BCUT2D eigenvalue weighted by atomic mass is 9.85. The molecule has 0 radical (unpaired) electrons. The SMILES string of the molecule is Cl.Fc1cc(C(F)(F)F)cc(C(F)(F)F)c1[C@@H](C1CCCC1)N1CCNCC1. The summed E-state index contributed by atoms with van der Waals surface area (Å²) in [6, 6.07) is -0.606. The van der Waals surface area contributed by atoms with E-state index in [2.05, 4.69) is 5.32 Å². The first-order valence-electron chi connectivity index (χ1n) is 9.01. The van der Waals surface area contributed by atoms with Crippen molar-refractivity contribution in [3.05, 3.63) is 34.6 Å². The zero-order valence-electron chi connectivity index (χ0n) is 15.0. The molecule has 0 unspecified atom stereocenters. The highest BCUT2D eigenvalue weighted by Crippen LogP contribution is 2.47. The van der Waals surface area contributed by atoms with Crippen molar-refractivity contribution >= 4 is 12.4 Å². The molecule has 2 nitrogen and oxygen atoms in total. The third-order valence-corrected chi connectivity index (χ3v) is 5.45. The van der Waals surface area contributed by atoms with E-state index in [9.17, 15) is 30.7 Å². The van der Waals surface area contributed by atoms with Gasteiger partial charge in [-0.05, 0) is 30.9 Å². The molecule has 1 saturated carbocycles. The van der Waals surface area contributed by atoms with Crippen molar-refractivity contribution in [1.29, 1.82) is 0 Å². The summed E-state index contributed by atoms with van der Waals surface area (Å²) in [5.74, 6) is -1.62. The zero-order chi connectivity index (χ0) is 19.8. The predicted molar refractivity (Wildman–Crippen MR) is 92.8 cm³/mol. The average molecular weight is 435 g/mol. The average Bonchev–Trinajstić information content (AvgIpc) is 3.09. The Morgan fingerprint density at radius 3 is 2.00 bits per heavy atom. The first-order chi connectivity index (χ1) is 12.6. The third-order valence-electron chi connectivity index (χ3n) is 5.45. The van der Waals surface area contributed by atoms with E-state index in [1.54, 1.807) is 4.90 Å². The molecule has 1 N–H and O–H groups in total. The summed E-state index contributed by atoms with van der Waals surface area (Å²) in [7, 11) is 0. The largest absolute Gasteiger partial charge is 0.416 e. The van der Waals surface area contributed by atoms with Crippen molar-refractivity contribution in [3.8, 4) is 0 Å². The lowest BCUT2D eigenvalue weighted by molar-refractivity contribution is -0.144. The molecule has 3 rings (SSSR count). The van der Waals surface area contributed by atoms with E-state index in [1.807, 2.05) is 0 Å². The fourth-order valence-electron chi connectivity index (χ4n) is 4.27. The highest BCUT2D eigenvalue weighted by atomic mass is 35.5. The van der Waals surface area contributed by atoms with Crippen LogP contribution in [0.25, 0.3) is 0 Å². The van der Waals surface area contributed by atoms with Crippen molar-refractivity contribution in [2.24, 2.45) is 5.92 Å². The van der Waals surface area contributed by atoms with Crippen LogP contribution in [0.3, 0.4) is 0 Å². The van der Waals surface area contributed by atoms with Crippen LogP contribution in [0.1, 0.15) is 48.4 Å². The van der Waals surface area contributed by atoms with E-state index in [-0.39, 0.29) is 30.5 Å². The minimum absolute atomic E-state index is 0. The van der Waals surface area contributed by atoms with Gasteiger partial charge in [0, 0.05) is 37.8 Å². The molecule has 1 aromatic rings. The van der Waals surface area contributed by atoms with Gasteiger partial charge < -0.3 is 5.32 Å². The maximum absolute atomic E-state index is 14.8.